The van der Waals surface area contributed by atoms with Crippen LogP contribution in [0.3, 0.4) is 0 Å². The zero-order valence-electron chi connectivity index (χ0n) is 16.1. The molecule has 154 valence electrons. The highest BCUT2D eigenvalue weighted by Crippen LogP contribution is 2.39. The Balaban J connectivity index is 1.67. The van der Waals surface area contributed by atoms with Crippen LogP contribution in [0.5, 0.6) is 11.5 Å². The molecular formula is C20H22N2O6S. The van der Waals surface area contributed by atoms with E-state index in [9.17, 15) is 19.5 Å². The molecule has 2 aromatic rings. The molecule has 0 bridgehead atoms. The number of phenolic OH excluding ortho intramolecular Hbond substituents is 1. The number of ether oxygens (including phenoxy) is 2. The first kappa shape index (κ1) is 20.7. The first-order valence-corrected chi connectivity index (χ1v) is 9.90. The lowest BCUT2D eigenvalue weighted by molar-refractivity contribution is -0.119. The van der Waals surface area contributed by atoms with Crippen molar-refractivity contribution in [2.45, 2.75) is 26.2 Å². The van der Waals surface area contributed by atoms with E-state index in [2.05, 4.69) is 12.2 Å². The molecule has 0 aliphatic heterocycles. The Morgan fingerprint density at radius 3 is 2.76 bits per heavy atom. The SMILES string of the molecule is COc1ccc(C(=O)OCC(=O)Nc2sc3c(c2C(N)=O)CC[C@H](C)C3)c(O)c1. The third-order valence-corrected chi connectivity index (χ3v) is 5.94. The summed E-state index contributed by atoms with van der Waals surface area (Å²) in [5.41, 5.74) is 6.68. The van der Waals surface area contributed by atoms with Crippen molar-refractivity contribution < 1.29 is 29.0 Å². The highest BCUT2D eigenvalue weighted by molar-refractivity contribution is 7.17. The summed E-state index contributed by atoms with van der Waals surface area (Å²) in [4.78, 5) is 37.3. The molecule has 1 aromatic heterocycles. The number of primary amides is 1. The van der Waals surface area contributed by atoms with Crippen molar-refractivity contribution in [3.8, 4) is 11.5 Å². The van der Waals surface area contributed by atoms with E-state index in [0.717, 1.165) is 29.7 Å². The Bertz CT molecular complexity index is 968. The van der Waals surface area contributed by atoms with Gasteiger partial charge in [0.05, 0.1) is 12.7 Å². The summed E-state index contributed by atoms with van der Waals surface area (Å²) in [5.74, 6) is -1.47. The number of phenols is 1. The van der Waals surface area contributed by atoms with Crippen LogP contribution in [0, 0.1) is 5.92 Å². The van der Waals surface area contributed by atoms with E-state index in [0.29, 0.717) is 22.2 Å². The molecule has 9 heteroatoms. The summed E-state index contributed by atoms with van der Waals surface area (Å²) in [6, 6.07) is 4.10. The van der Waals surface area contributed by atoms with Crippen LogP contribution >= 0.6 is 11.3 Å². The number of carbonyl (C=O) groups is 3. The Labute approximate surface area is 171 Å². The number of rotatable bonds is 6. The Hall–Kier alpha value is -3.07. The molecule has 0 saturated heterocycles. The van der Waals surface area contributed by atoms with Crippen LogP contribution in [-0.2, 0) is 22.4 Å². The van der Waals surface area contributed by atoms with Gasteiger partial charge < -0.3 is 25.6 Å². The van der Waals surface area contributed by atoms with E-state index in [1.807, 2.05) is 0 Å². The molecule has 8 nitrogen and oxygen atoms in total. The number of esters is 1. The second-order valence-corrected chi connectivity index (χ2v) is 8.03. The van der Waals surface area contributed by atoms with Crippen LogP contribution in [0.25, 0.3) is 0 Å². The van der Waals surface area contributed by atoms with Crippen LogP contribution in [-0.4, -0.2) is 36.6 Å². The first-order valence-electron chi connectivity index (χ1n) is 9.08. The second-order valence-electron chi connectivity index (χ2n) is 6.93. The number of amides is 2. The van der Waals surface area contributed by atoms with Gasteiger partial charge in [-0.1, -0.05) is 6.92 Å². The number of carbonyl (C=O) groups excluding carboxylic acids is 3. The van der Waals surface area contributed by atoms with Crippen LogP contribution < -0.4 is 15.8 Å². The molecule has 0 fully saturated rings. The molecule has 0 spiro atoms. The molecule has 1 heterocycles. The topological polar surface area (TPSA) is 128 Å². The lowest BCUT2D eigenvalue weighted by Crippen LogP contribution is -2.23. The average Bonchev–Trinajstić information content (AvgIpc) is 3.02. The van der Waals surface area contributed by atoms with Crippen molar-refractivity contribution in [1.29, 1.82) is 0 Å². The van der Waals surface area contributed by atoms with Crippen molar-refractivity contribution >= 4 is 34.1 Å². The predicted octanol–water partition coefficient (Wildman–Crippen LogP) is 2.48. The van der Waals surface area contributed by atoms with Gasteiger partial charge in [0.15, 0.2) is 6.61 Å². The number of fused-ring (bicyclic) bond motifs is 1. The molecule has 1 aliphatic carbocycles. The van der Waals surface area contributed by atoms with Crippen molar-refractivity contribution in [1.82, 2.24) is 0 Å². The van der Waals surface area contributed by atoms with Gasteiger partial charge in [-0.3, -0.25) is 9.59 Å². The number of methoxy groups -OCH3 is 1. The maximum atomic E-state index is 12.3. The number of thiophene rings is 1. The number of benzene rings is 1. The minimum Gasteiger partial charge on any atom is -0.507 e. The molecular weight excluding hydrogens is 396 g/mol. The normalized spacial score (nSPS) is 15.3. The van der Waals surface area contributed by atoms with Crippen molar-refractivity contribution in [3.63, 3.8) is 0 Å². The number of nitrogens with one attached hydrogen (secondary N) is 1. The third kappa shape index (κ3) is 4.51. The van der Waals surface area contributed by atoms with Gasteiger partial charge in [0.1, 0.15) is 22.1 Å². The van der Waals surface area contributed by atoms with Gasteiger partial charge in [-0.25, -0.2) is 4.79 Å². The van der Waals surface area contributed by atoms with Gasteiger partial charge in [-0.05, 0) is 42.9 Å². The molecule has 3 rings (SSSR count). The smallest absolute Gasteiger partial charge is 0.342 e. The lowest BCUT2D eigenvalue weighted by atomic mass is 9.88. The van der Waals surface area contributed by atoms with Crippen LogP contribution in [0.15, 0.2) is 18.2 Å². The minimum atomic E-state index is -0.852. The van der Waals surface area contributed by atoms with Crippen LogP contribution in [0.1, 0.15) is 44.5 Å². The summed E-state index contributed by atoms with van der Waals surface area (Å²) >= 11 is 1.33. The monoisotopic (exact) mass is 418 g/mol. The molecule has 2 amide bonds. The van der Waals surface area contributed by atoms with Gasteiger partial charge in [0.25, 0.3) is 11.8 Å². The van der Waals surface area contributed by atoms with Crippen molar-refractivity contribution in [2.75, 3.05) is 19.0 Å². The maximum Gasteiger partial charge on any atom is 0.342 e. The maximum absolute atomic E-state index is 12.3. The fourth-order valence-corrected chi connectivity index (χ4v) is 4.71. The van der Waals surface area contributed by atoms with E-state index in [1.165, 1.54) is 36.6 Å². The average molecular weight is 418 g/mol. The number of hydrogen-bond acceptors (Lipinski definition) is 7. The summed E-state index contributed by atoms with van der Waals surface area (Å²) < 4.78 is 9.93. The molecule has 4 N–H and O–H groups in total. The summed E-state index contributed by atoms with van der Waals surface area (Å²) in [5, 5.41) is 12.9. The van der Waals surface area contributed by atoms with E-state index >= 15 is 0 Å². The van der Waals surface area contributed by atoms with Gasteiger partial charge in [-0.15, -0.1) is 11.3 Å². The Kier molecular flexibility index (Phi) is 6.07. The zero-order valence-corrected chi connectivity index (χ0v) is 16.9. The lowest BCUT2D eigenvalue weighted by Gasteiger charge is -2.18. The summed E-state index contributed by atoms with van der Waals surface area (Å²) in [6.45, 7) is 1.57. The molecule has 29 heavy (non-hydrogen) atoms. The third-order valence-electron chi connectivity index (χ3n) is 4.77. The predicted molar refractivity (Wildman–Crippen MR) is 108 cm³/mol. The highest BCUT2D eigenvalue weighted by Gasteiger charge is 2.27. The van der Waals surface area contributed by atoms with Gasteiger partial charge >= 0.3 is 5.97 Å². The van der Waals surface area contributed by atoms with Gasteiger partial charge in [0.2, 0.25) is 0 Å². The fourth-order valence-electron chi connectivity index (χ4n) is 3.28. The largest absolute Gasteiger partial charge is 0.507 e. The van der Waals surface area contributed by atoms with Crippen LogP contribution in [0.4, 0.5) is 5.00 Å². The quantitative estimate of drug-likeness (QED) is 0.619. The molecule has 0 radical (unpaired) electrons. The Morgan fingerprint density at radius 2 is 2.10 bits per heavy atom. The van der Waals surface area contributed by atoms with Gasteiger partial charge in [0, 0.05) is 10.9 Å². The molecule has 1 atom stereocenters. The molecule has 1 aromatic carbocycles. The molecule has 0 unspecified atom stereocenters. The standard InChI is InChI=1S/C20H22N2O6S/c1-10-3-5-13-15(7-10)29-19(17(13)18(21)25)22-16(24)9-28-20(26)12-6-4-11(27-2)8-14(12)23/h4,6,8,10,23H,3,5,7,9H2,1-2H3,(H2,21,25)(H,22,24)/t10-/m0/s1. The number of nitrogens with two attached hydrogens (primary N) is 1. The van der Waals surface area contributed by atoms with E-state index in [4.69, 9.17) is 15.2 Å². The minimum absolute atomic E-state index is 0.0861. The second kappa shape index (κ2) is 8.52. The van der Waals surface area contributed by atoms with Crippen molar-refractivity contribution in [2.24, 2.45) is 11.7 Å². The number of aromatic hydroxyl groups is 1. The Morgan fingerprint density at radius 1 is 1.34 bits per heavy atom. The van der Waals surface area contributed by atoms with E-state index in [1.54, 1.807) is 0 Å². The van der Waals surface area contributed by atoms with E-state index < -0.39 is 24.4 Å². The van der Waals surface area contributed by atoms with E-state index in [-0.39, 0.29) is 11.3 Å². The fraction of sp³-hybridized carbons (Fsp3) is 0.350. The molecule has 0 saturated carbocycles. The van der Waals surface area contributed by atoms with Crippen LogP contribution in [0.2, 0.25) is 0 Å². The highest BCUT2D eigenvalue weighted by atomic mass is 32.1. The first-order chi connectivity index (χ1) is 13.8. The number of anilines is 1. The summed E-state index contributed by atoms with van der Waals surface area (Å²) in [7, 11) is 1.43. The summed E-state index contributed by atoms with van der Waals surface area (Å²) in [6.07, 6.45) is 2.54. The van der Waals surface area contributed by atoms with Gasteiger partial charge in [-0.2, -0.15) is 0 Å². The molecule has 1 aliphatic rings. The number of hydrogen-bond donors (Lipinski definition) is 3. The van der Waals surface area contributed by atoms with Crippen molar-refractivity contribution in [3.05, 3.63) is 39.8 Å². The zero-order chi connectivity index (χ0) is 21.1.